The van der Waals surface area contributed by atoms with E-state index in [1.54, 1.807) is 6.07 Å². The number of amides is 1. The molecule has 0 aliphatic rings. The number of rotatable bonds is 7. The van der Waals surface area contributed by atoms with Gasteiger partial charge in [-0.05, 0) is 25.3 Å². The molecule has 0 aromatic heterocycles. The lowest BCUT2D eigenvalue weighted by Crippen LogP contribution is -2.20. The van der Waals surface area contributed by atoms with Crippen molar-refractivity contribution >= 4 is 17.3 Å². The Bertz CT molecular complexity index is 512. The van der Waals surface area contributed by atoms with Crippen LogP contribution in [0.25, 0.3) is 0 Å². The Morgan fingerprint density at radius 2 is 2.05 bits per heavy atom. The predicted molar refractivity (Wildman–Crippen MR) is 77.8 cm³/mol. The summed E-state index contributed by atoms with van der Waals surface area (Å²) in [5.41, 5.74) is 3.09. The second-order valence-corrected chi connectivity index (χ2v) is 4.35. The number of para-hydroxylation sites is 1. The van der Waals surface area contributed by atoms with Gasteiger partial charge in [-0.3, -0.25) is 14.9 Å². The summed E-state index contributed by atoms with van der Waals surface area (Å²) in [5, 5.41) is 14.9. The zero-order valence-electron chi connectivity index (χ0n) is 11.8. The number of hydrogen-bond acceptors (Lipinski definition) is 4. The minimum absolute atomic E-state index is 0.0206. The van der Waals surface area contributed by atoms with Crippen LogP contribution in [0, 0.1) is 10.1 Å². The first-order chi connectivity index (χ1) is 9.60. The van der Waals surface area contributed by atoms with Gasteiger partial charge in [0.2, 0.25) is 0 Å². The molecule has 1 aromatic carbocycles. The van der Waals surface area contributed by atoms with Crippen LogP contribution in [0.5, 0.6) is 0 Å². The molecule has 0 heterocycles. The number of benzene rings is 1. The van der Waals surface area contributed by atoms with Gasteiger partial charge < -0.3 is 0 Å². The topological polar surface area (TPSA) is 84.6 Å². The molecule has 0 saturated carbocycles. The molecule has 1 rings (SSSR count). The van der Waals surface area contributed by atoms with Crippen LogP contribution in [0.4, 0.5) is 5.69 Å². The van der Waals surface area contributed by atoms with Gasteiger partial charge in [0.1, 0.15) is 5.56 Å². The van der Waals surface area contributed by atoms with Crippen LogP contribution >= 0.6 is 0 Å². The van der Waals surface area contributed by atoms with Crippen LogP contribution in [-0.2, 0) is 0 Å². The number of unbranched alkanes of at least 4 members (excludes halogenated alkanes) is 1. The first kappa shape index (κ1) is 15.8. The Kier molecular flexibility index (Phi) is 6.36. The molecule has 0 atom stereocenters. The molecule has 20 heavy (non-hydrogen) atoms. The van der Waals surface area contributed by atoms with Gasteiger partial charge in [0.05, 0.1) is 4.92 Å². The van der Waals surface area contributed by atoms with Gasteiger partial charge in [0, 0.05) is 11.8 Å². The third-order valence-corrected chi connectivity index (χ3v) is 2.89. The monoisotopic (exact) mass is 277 g/mol. The Morgan fingerprint density at radius 1 is 1.35 bits per heavy atom. The van der Waals surface area contributed by atoms with Crippen LogP contribution < -0.4 is 5.43 Å². The van der Waals surface area contributed by atoms with E-state index in [0.717, 1.165) is 31.4 Å². The predicted octanol–water partition coefficient (Wildman–Crippen LogP) is 3.28. The lowest BCUT2D eigenvalue weighted by molar-refractivity contribution is -0.385. The highest BCUT2D eigenvalue weighted by Gasteiger charge is 2.18. The van der Waals surface area contributed by atoms with Crippen molar-refractivity contribution in [2.24, 2.45) is 5.10 Å². The molecular formula is C14H19N3O3. The van der Waals surface area contributed by atoms with Crippen molar-refractivity contribution in [3.8, 4) is 0 Å². The minimum atomic E-state index is -0.573. The van der Waals surface area contributed by atoms with Gasteiger partial charge in [0.25, 0.3) is 11.6 Å². The summed E-state index contributed by atoms with van der Waals surface area (Å²) < 4.78 is 0. The van der Waals surface area contributed by atoms with E-state index < -0.39 is 10.8 Å². The Labute approximate surface area is 118 Å². The highest BCUT2D eigenvalue weighted by molar-refractivity contribution is 5.98. The summed E-state index contributed by atoms with van der Waals surface area (Å²) in [7, 11) is 0. The zero-order valence-corrected chi connectivity index (χ0v) is 11.8. The first-order valence-electron chi connectivity index (χ1n) is 6.69. The van der Waals surface area contributed by atoms with Crippen LogP contribution in [0.2, 0.25) is 0 Å². The van der Waals surface area contributed by atoms with Gasteiger partial charge in [-0.2, -0.15) is 5.10 Å². The molecule has 0 aliphatic carbocycles. The average molecular weight is 277 g/mol. The maximum Gasteiger partial charge on any atom is 0.282 e. The number of nitrogens with zero attached hydrogens (tertiary/aromatic N) is 2. The molecule has 0 fully saturated rings. The molecule has 0 bridgehead atoms. The molecule has 108 valence electrons. The van der Waals surface area contributed by atoms with E-state index in [9.17, 15) is 14.9 Å². The Morgan fingerprint density at radius 3 is 2.65 bits per heavy atom. The van der Waals surface area contributed by atoms with Crippen molar-refractivity contribution in [3.63, 3.8) is 0 Å². The lowest BCUT2D eigenvalue weighted by atomic mass is 10.1. The summed E-state index contributed by atoms with van der Waals surface area (Å²) in [6.07, 6.45) is 3.63. The van der Waals surface area contributed by atoms with Gasteiger partial charge in [-0.25, -0.2) is 5.43 Å². The highest BCUT2D eigenvalue weighted by Crippen LogP contribution is 2.17. The summed E-state index contributed by atoms with van der Waals surface area (Å²) in [6, 6.07) is 5.83. The normalized spacial score (nSPS) is 11.2. The number of hydrogen-bond donors (Lipinski definition) is 1. The molecule has 6 heteroatoms. The van der Waals surface area contributed by atoms with Gasteiger partial charge in [0.15, 0.2) is 0 Å². The molecule has 0 spiro atoms. The van der Waals surface area contributed by atoms with E-state index in [0.29, 0.717) is 0 Å². The third-order valence-electron chi connectivity index (χ3n) is 2.89. The van der Waals surface area contributed by atoms with E-state index in [2.05, 4.69) is 17.5 Å². The van der Waals surface area contributed by atoms with Gasteiger partial charge in [-0.1, -0.05) is 32.4 Å². The number of nitrogens with one attached hydrogen (secondary N) is 1. The van der Waals surface area contributed by atoms with E-state index in [4.69, 9.17) is 0 Å². The molecule has 6 nitrogen and oxygen atoms in total. The quantitative estimate of drug-likeness (QED) is 0.471. The Balaban J connectivity index is 2.81. The van der Waals surface area contributed by atoms with Crippen LogP contribution in [0.1, 0.15) is 49.9 Å². The van der Waals surface area contributed by atoms with Crippen molar-refractivity contribution in [1.29, 1.82) is 0 Å². The summed E-state index contributed by atoms with van der Waals surface area (Å²) in [6.45, 7) is 4.05. The molecule has 1 N–H and O–H groups in total. The summed E-state index contributed by atoms with van der Waals surface area (Å²) in [5.74, 6) is -0.556. The third kappa shape index (κ3) is 4.46. The maximum absolute atomic E-state index is 11.9. The lowest BCUT2D eigenvalue weighted by Gasteiger charge is -2.04. The Hall–Kier alpha value is -2.24. The fraction of sp³-hybridized carbons (Fsp3) is 0.429. The maximum atomic E-state index is 11.9. The van der Waals surface area contributed by atoms with E-state index in [1.165, 1.54) is 18.2 Å². The zero-order chi connectivity index (χ0) is 15.0. The molecule has 0 radical (unpaired) electrons. The summed E-state index contributed by atoms with van der Waals surface area (Å²) >= 11 is 0. The van der Waals surface area contributed by atoms with Crippen molar-refractivity contribution in [2.45, 2.75) is 39.5 Å². The molecular weight excluding hydrogens is 258 g/mol. The smallest absolute Gasteiger partial charge is 0.267 e. The molecule has 0 aliphatic heterocycles. The number of nitro groups is 1. The van der Waals surface area contributed by atoms with Crippen molar-refractivity contribution in [2.75, 3.05) is 0 Å². The molecule has 0 saturated heterocycles. The second kappa shape index (κ2) is 8.04. The van der Waals surface area contributed by atoms with E-state index in [1.807, 2.05) is 6.92 Å². The number of hydrazone groups is 1. The standard InChI is InChI=1S/C14H19N3O3/c1-3-5-8-11(4-2)15-16-14(18)12-9-6-7-10-13(12)17(19)20/h6-7,9-10H,3-5,8H2,1-2H3,(H,16,18)/b15-11+. The highest BCUT2D eigenvalue weighted by atomic mass is 16.6. The number of carbonyl (C=O) groups excluding carboxylic acids is 1. The van der Waals surface area contributed by atoms with Crippen molar-refractivity contribution in [1.82, 2.24) is 5.43 Å². The first-order valence-corrected chi connectivity index (χ1v) is 6.69. The minimum Gasteiger partial charge on any atom is -0.267 e. The molecule has 1 amide bonds. The van der Waals surface area contributed by atoms with Crippen molar-refractivity contribution in [3.05, 3.63) is 39.9 Å². The van der Waals surface area contributed by atoms with Crippen molar-refractivity contribution < 1.29 is 9.72 Å². The SMILES string of the molecule is CCCC/C(CC)=N/NC(=O)c1ccccc1[N+](=O)[O-]. The number of nitro benzene ring substituents is 1. The summed E-state index contributed by atoms with van der Waals surface area (Å²) in [4.78, 5) is 22.2. The van der Waals surface area contributed by atoms with Gasteiger partial charge >= 0.3 is 0 Å². The number of carbonyl (C=O) groups is 1. The van der Waals surface area contributed by atoms with Crippen LogP contribution in [0.15, 0.2) is 29.4 Å². The fourth-order valence-corrected chi connectivity index (χ4v) is 1.71. The van der Waals surface area contributed by atoms with Crippen LogP contribution in [-0.4, -0.2) is 16.5 Å². The van der Waals surface area contributed by atoms with E-state index >= 15 is 0 Å². The van der Waals surface area contributed by atoms with E-state index in [-0.39, 0.29) is 11.3 Å². The van der Waals surface area contributed by atoms with Crippen LogP contribution in [0.3, 0.4) is 0 Å². The fourth-order valence-electron chi connectivity index (χ4n) is 1.71. The average Bonchev–Trinajstić information content (AvgIpc) is 2.47. The molecule has 0 unspecified atom stereocenters. The molecule has 1 aromatic rings. The van der Waals surface area contributed by atoms with Gasteiger partial charge in [-0.15, -0.1) is 0 Å². The largest absolute Gasteiger partial charge is 0.282 e. The second-order valence-electron chi connectivity index (χ2n) is 4.35.